The number of carbonyl (C=O) groups excluding carboxylic acids is 3. The zero-order valence-corrected chi connectivity index (χ0v) is 76.4. The van der Waals surface area contributed by atoms with Gasteiger partial charge < -0.3 is 43.5 Å². The molecule has 0 aliphatic heterocycles. The molecular weight excluding hydrogens is 2050 g/mol. The summed E-state index contributed by atoms with van der Waals surface area (Å²) in [4.78, 5) is 61.8. The SMILES string of the molecule is CC(=O)C=C(C)O.CC(=O)C=C(C)O.CC(=O)C=C(C)O.Cc1cc(C)c(-c2cc3cc(-c4[c-]ccc5c4oc4nc(C)ccc45)ncc3s2)c(C)c1.Cc1cc(C)cc(-c2cc3cc(-c4[c-]ccc5c4oc4nc(C)ccc45)ncc3s2)c1.Cc1ccc(-c2cc3cc(-c4[c-]ccc5c4oc4nc(C)ccc45)ncc3s2)cc1.[Ir].[Ir].[Ir]. The molecule has 0 aliphatic rings. The maximum Gasteiger partial charge on any atom is 0.216 e. The molecule has 3 radical (unpaired) electrons. The number of carbonyl (C=O) groups is 3. The Hall–Kier alpha value is -10.9. The predicted molar refractivity (Wildman–Crippen MR) is 467 cm³/mol. The molecular formula is C96H81Ir3N6O9S3-3. The average molecular weight is 2140 g/mol. The van der Waals surface area contributed by atoms with E-state index < -0.39 is 0 Å². The number of hydrogen-bond donors (Lipinski definition) is 3. The van der Waals surface area contributed by atoms with Crippen LogP contribution in [0.4, 0.5) is 0 Å². The minimum absolute atomic E-state index is 0. The third-order valence-electron chi connectivity index (χ3n) is 18.3. The number of ketones is 3. The molecule has 0 spiro atoms. The quantitative estimate of drug-likeness (QED) is 0.0693. The van der Waals surface area contributed by atoms with Gasteiger partial charge in [-0.2, -0.15) is 0 Å². The number of rotatable bonds is 9. The van der Waals surface area contributed by atoms with Gasteiger partial charge in [-0.1, -0.05) is 128 Å². The Kier molecular flexibility index (Phi) is 29.1. The third kappa shape index (κ3) is 20.9. The van der Waals surface area contributed by atoms with Gasteiger partial charge >= 0.3 is 0 Å². The first-order valence-corrected chi connectivity index (χ1v) is 39.2. The largest absolute Gasteiger partial charge is 0.512 e. The van der Waals surface area contributed by atoms with Crippen molar-refractivity contribution >= 4 is 148 Å². The van der Waals surface area contributed by atoms with Crippen molar-refractivity contribution < 1.29 is 103 Å². The van der Waals surface area contributed by atoms with Crippen LogP contribution in [-0.2, 0) is 74.7 Å². The Bertz CT molecular complexity index is 6760. The first-order chi connectivity index (χ1) is 54.6. The molecule has 0 saturated heterocycles. The summed E-state index contributed by atoms with van der Waals surface area (Å²) in [7, 11) is 0. The van der Waals surface area contributed by atoms with Crippen LogP contribution < -0.4 is 0 Å². The molecule has 0 amide bonds. The second-order valence-electron chi connectivity index (χ2n) is 28.4. The number of furan rings is 3. The zero-order chi connectivity index (χ0) is 80.9. The van der Waals surface area contributed by atoms with Crippen molar-refractivity contribution in [3.63, 3.8) is 0 Å². The molecule has 117 heavy (non-hydrogen) atoms. The first kappa shape index (κ1) is 88.4. The number of aliphatic hydroxyl groups is 3. The van der Waals surface area contributed by atoms with Crippen LogP contribution in [0.15, 0.2) is 231 Å². The number of hydrogen-bond acceptors (Lipinski definition) is 18. The number of pyridine rings is 6. The molecule has 15 nitrogen and oxygen atoms in total. The van der Waals surface area contributed by atoms with Crippen LogP contribution in [0.1, 0.15) is 92.0 Å². The van der Waals surface area contributed by atoms with Crippen molar-refractivity contribution in [2.75, 3.05) is 0 Å². The predicted octanol–water partition coefficient (Wildman–Crippen LogP) is 26.1. The summed E-state index contributed by atoms with van der Waals surface area (Å²) in [5.74, 6) is -0.187. The van der Waals surface area contributed by atoms with Gasteiger partial charge in [0.1, 0.15) is 0 Å². The van der Waals surface area contributed by atoms with Gasteiger partial charge in [-0.15, -0.1) is 88.6 Å². The molecule has 12 heterocycles. The molecule has 0 unspecified atom stereocenters. The Morgan fingerprint density at radius 1 is 0.350 bits per heavy atom. The maximum absolute atomic E-state index is 10.0. The van der Waals surface area contributed by atoms with E-state index in [1.807, 2.05) is 94.0 Å². The Balaban J connectivity index is 0.000000163. The number of aliphatic hydroxyl groups excluding tert-OH is 3. The van der Waals surface area contributed by atoms with Gasteiger partial charge in [-0.05, 0) is 220 Å². The molecule has 0 atom stereocenters. The average Bonchev–Trinajstić information content (AvgIpc) is 1.62. The summed E-state index contributed by atoms with van der Waals surface area (Å²) in [6.07, 6.45) is 9.37. The summed E-state index contributed by atoms with van der Waals surface area (Å²) in [6, 6.07) is 67.2. The zero-order valence-electron chi connectivity index (χ0n) is 66.8. The van der Waals surface area contributed by atoms with E-state index in [1.54, 1.807) is 34.0 Å². The van der Waals surface area contributed by atoms with E-state index in [2.05, 4.69) is 184 Å². The molecule has 18 aromatic rings. The van der Waals surface area contributed by atoms with Gasteiger partial charge in [-0.3, -0.25) is 14.4 Å². The van der Waals surface area contributed by atoms with E-state index in [1.165, 1.54) is 155 Å². The van der Waals surface area contributed by atoms with Crippen LogP contribution >= 0.6 is 34.0 Å². The van der Waals surface area contributed by atoms with E-state index >= 15 is 0 Å². The van der Waals surface area contributed by atoms with Crippen molar-refractivity contribution in [2.45, 2.75) is 104 Å². The molecule has 18 rings (SSSR count). The molecule has 0 fully saturated rings. The number of fused-ring (bicyclic) bond motifs is 12. The molecule has 3 N–H and O–H groups in total. The second-order valence-corrected chi connectivity index (χ2v) is 31.6. The van der Waals surface area contributed by atoms with Gasteiger partial charge in [0.15, 0.2) is 17.3 Å². The van der Waals surface area contributed by atoms with Crippen molar-refractivity contribution in [3.8, 4) is 65.1 Å². The maximum atomic E-state index is 10.0. The summed E-state index contributed by atoms with van der Waals surface area (Å²) in [5, 5.41) is 34.8. The van der Waals surface area contributed by atoms with Gasteiger partial charge in [0.25, 0.3) is 0 Å². The Morgan fingerprint density at radius 3 is 0.991 bits per heavy atom. The first-order valence-electron chi connectivity index (χ1n) is 36.8. The second kappa shape index (κ2) is 38.4. The number of nitrogens with zero attached hydrogens (tertiary/aromatic N) is 6. The van der Waals surface area contributed by atoms with Crippen LogP contribution in [0.25, 0.3) is 162 Å². The van der Waals surface area contributed by atoms with E-state index in [0.29, 0.717) is 17.1 Å². The van der Waals surface area contributed by atoms with Crippen LogP contribution in [0.5, 0.6) is 0 Å². The van der Waals surface area contributed by atoms with E-state index in [9.17, 15) is 14.4 Å². The van der Waals surface area contributed by atoms with Crippen molar-refractivity contribution in [1.29, 1.82) is 0 Å². The van der Waals surface area contributed by atoms with Crippen molar-refractivity contribution in [2.24, 2.45) is 0 Å². The van der Waals surface area contributed by atoms with Gasteiger partial charge in [-0.25, -0.2) is 15.0 Å². The molecule has 21 heteroatoms. The monoisotopic (exact) mass is 2140 g/mol. The molecule has 6 aromatic carbocycles. The van der Waals surface area contributed by atoms with Crippen molar-refractivity contribution in [3.05, 3.63) is 287 Å². The normalized spacial score (nSPS) is 11.4. The Morgan fingerprint density at radius 2 is 0.667 bits per heavy atom. The molecule has 597 valence electrons. The van der Waals surface area contributed by atoms with Crippen LogP contribution in [0, 0.1) is 80.5 Å². The summed E-state index contributed by atoms with van der Waals surface area (Å²) < 4.78 is 22.0. The summed E-state index contributed by atoms with van der Waals surface area (Å²) >= 11 is 5.33. The molecule has 0 bridgehead atoms. The summed E-state index contributed by atoms with van der Waals surface area (Å²) in [6.45, 7) is 27.4. The number of thiophene rings is 3. The molecule has 0 saturated carbocycles. The number of benzene rings is 6. The van der Waals surface area contributed by atoms with E-state index in [0.717, 1.165) is 99.9 Å². The minimum atomic E-state index is -0.125. The molecule has 12 aromatic heterocycles. The number of aryl methyl sites for hydroxylation is 9. The fourth-order valence-corrected chi connectivity index (χ4v) is 16.9. The van der Waals surface area contributed by atoms with Crippen LogP contribution in [0.3, 0.4) is 0 Å². The summed E-state index contributed by atoms with van der Waals surface area (Å²) in [5.41, 5.74) is 23.9. The number of allylic oxidation sites excluding steroid dienone is 6. The standard InChI is InChI=1S/C28H21N2OS.C27H19N2OS.C26H17N2OS.3C5H8O2.3Ir/c1-15-10-16(2)26(17(3)11-15)24-13-19-12-23(29-14-25(19)32-24)22-7-5-6-20-21-9-8-18(4)30-28(21)31-27(20)22;1-15-9-16(2)11-18(10-15)24-13-19-12-23(28-14-25(19)31-24)22-6-4-5-20-21-8-7-17(3)29-27(21)30-26(20)22;1-15-6-9-17(10-7-15)23-13-18-12-22(27-14-24(18)30-23)21-5-3-4-19-20-11-8-16(2)28-26(20)29-25(19)21;3*1-4(6)3-5(2)7;;;/h5-6,8-14H,1-4H3;4-5,7-14H,1-3H3;3-4,6-14H,1-2H3;3*3,6H,1-2H3;;;/q3*-1;;;;;;. The van der Waals surface area contributed by atoms with Crippen molar-refractivity contribution in [1.82, 2.24) is 29.9 Å². The number of aromatic nitrogens is 6. The van der Waals surface area contributed by atoms with Crippen LogP contribution in [-0.4, -0.2) is 62.6 Å². The van der Waals surface area contributed by atoms with E-state index in [4.69, 9.17) is 43.5 Å². The Labute approximate surface area is 730 Å². The van der Waals surface area contributed by atoms with Gasteiger partial charge in [0.05, 0.1) is 48.1 Å². The fourth-order valence-electron chi connectivity index (χ4n) is 13.7. The van der Waals surface area contributed by atoms with Gasteiger partial charge in [0.2, 0.25) is 17.1 Å². The van der Waals surface area contributed by atoms with Crippen LogP contribution in [0.2, 0.25) is 0 Å². The smallest absolute Gasteiger partial charge is 0.216 e. The third-order valence-corrected chi connectivity index (χ3v) is 21.7. The van der Waals surface area contributed by atoms with Gasteiger partial charge in [0, 0.05) is 145 Å². The van der Waals surface area contributed by atoms with E-state index in [-0.39, 0.29) is 94.9 Å². The molecule has 0 aliphatic carbocycles. The topological polar surface area (TPSA) is 229 Å². The fraction of sp³-hybridized carbons (Fsp3) is 0.156. The minimum Gasteiger partial charge on any atom is -0.512 e.